The summed E-state index contributed by atoms with van der Waals surface area (Å²) < 4.78 is 0. The molecule has 114 valence electrons. The highest BCUT2D eigenvalue weighted by Gasteiger charge is 2.13. The molecular formula is C22H20O. The zero-order valence-electron chi connectivity index (χ0n) is 13.8. The molecule has 0 aromatic heterocycles. The molecule has 0 aliphatic rings. The molecule has 3 aromatic rings. The Morgan fingerprint density at radius 2 is 1.22 bits per heavy atom. The number of aryl methyl sites for hydroxylation is 3. The third-order valence-electron chi connectivity index (χ3n) is 4.34. The molecule has 0 aliphatic heterocycles. The van der Waals surface area contributed by atoms with Gasteiger partial charge >= 0.3 is 0 Å². The molecule has 0 radical (unpaired) electrons. The van der Waals surface area contributed by atoms with Gasteiger partial charge in [0.1, 0.15) is 0 Å². The Labute approximate surface area is 137 Å². The smallest absolute Gasteiger partial charge is 0.193 e. The summed E-state index contributed by atoms with van der Waals surface area (Å²) in [5, 5.41) is 0. The van der Waals surface area contributed by atoms with Gasteiger partial charge < -0.3 is 0 Å². The van der Waals surface area contributed by atoms with Gasteiger partial charge in [-0.1, -0.05) is 60.7 Å². The molecule has 0 bridgehead atoms. The van der Waals surface area contributed by atoms with E-state index in [9.17, 15) is 4.79 Å². The number of hydrogen-bond donors (Lipinski definition) is 0. The molecule has 0 unspecified atom stereocenters. The maximum Gasteiger partial charge on any atom is 0.193 e. The fraction of sp³-hybridized carbons (Fsp3) is 0.136. The second-order valence-corrected chi connectivity index (χ2v) is 6.02. The van der Waals surface area contributed by atoms with Crippen LogP contribution in [0, 0.1) is 20.8 Å². The summed E-state index contributed by atoms with van der Waals surface area (Å²) in [4.78, 5) is 12.8. The van der Waals surface area contributed by atoms with Crippen molar-refractivity contribution in [2.45, 2.75) is 20.8 Å². The quantitative estimate of drug-likeness (QED) is 0.583. The van der Waals surface area contributed by atoms with Crippen LogP contribution < -0.4 is 0 Å². The van der Waals surface area contributed by atoms with Crippen molar-refractivity contribution in [2.24, 2.45) is 0 Å². The van der Waals surface area contributed by atoms with E-state index in [1.54, 1.807) is 0 Å². The summed E-state index contributed by atoms with van der Waals surface area (Å²) in [6.07, 6.45) is 0. The number of hydrogen-bond acceptors (Lipinski definition) is 1. The first-order chi connectivity index (χ1) is 11.1. The molecule has 23 heavy (non-hydrogen) atoms. The topological polar surface area (TPSA) is 17.1 Å². The van der Waals surface area contributed by atoms with Crippen LogP contribution in [0.3, 0.4) is 0 Å². The molecule has 0 saturated carbocycles. The number of carbonyl (C=O) groups excluding carboxylic acids is 1. The molecule has 0 aliphatic carbocycles. The molecule has 0 fully saturated rings. The van der Waals surface area contributed by atoms with Crippen LogP contribution in [0.1, 0.15) is 32.6 Å². The molecule has 0 N–H and O–H groups in total. The average Bonchev–Trinajstić information content (AvgIpc) is 2.58. The van der Waals surface area contributed by atoms with E-state index in [0.717, 1.165) is 33.4 Å². The fourth-order valence-electron chi connectivity index (χ4n) is 2.81. The Balaban J connectivity index is 1.94. The van der Waals surface area contributed by atoms with Crippen LogP contribution in [0.4, 0.5) is 0 Å². The molecule has 0 saturated heterocycles. The molecule has 1 heteroatoms. The lowest BCUT2D eigenvalue weighted by molar-refractivity contribution is 0.103. The number of rotatable bonds is 3. The first kappa shape index (κ1) is 15.2. The highest BCUT2D eigenvalue weighted by atomic mass is 16.1. The van der Waals surface area contributed by atoms with E-state index in [1.165, 1.54) is 5.56 Å². The lowest BCUT2D eigenvalue weighted by atomic mass is 9.94. The van der Waals surface area contributed by atoms with Gasteiger partial charge in [0, 0.05) is 11.1 Å². The second kappa shape index (κ2) is 6.21. The SMILES string of the molecule is Cc1cc(C)c(C(=O)c2ccc(-c3ccccc3)cc2)cc1C. The molecule has 1 nitrogen and oxygen atoms in total. The van der Waals surface area contributed by atoms with Gasteiger partial charge in [-0.3, -0.25) is 4.79 Å². The Kier molecular flexibility index (Phi) is 4.12. The van der Waals surface area contributed by atoms with Gasteiger partial charge in [0.25, 0.3) is 0 Å². The summed E-state index contributed by atoms with van der Waals surface area (Å²) >= 11 is 0. The Morgan fingerprint density at radius 1 is 0.652 bits per heavy atom. The normalized spacial score (nSPS) is 10.6. The zero-order chi connectivity index (χ0) is 16.4. The van der Waals surface area contributed by atoms with E-state index in [4.69, 9.17) is 0 Å². The first-order valence-electron chi connectivity index (χ1n) is 7.84. The van der Waals surface area contributed by atoms with Crippen LogP contribution in [0.5, 0.6) is 0 Å². The Hall–Kier alpha value is -2.67. The van der Waals surface area contributed by atoms with E-state index in [-0.39, 0.29) is 5.78 Å². The summed E-state index contributed by atoms with van der Waals surface area (Å²) in [7, 11) is 0. The molecule has 3 aromatic carbocycles. The maximum atomic E-state index is 12.8. The van der Waals surface area contributed by atoms with Crippen molar-refractivity contribution < 1.29 is 4.79 Å². The summed E-state index contributed by atoms with van der Waals surface area (Å²) in [5.41, 5.74) is 7.22. The number of benzene rings is 3. The third kappa shape index (κ3) is 3.09. The van der Waals surface area contributed by atoms with E-state index < -0.39 is 0 Å². The summed E-state index contributed by atoms with van der Waals surface area (Å²) in [6, 6.07) is 22.1. The van der Waals surface area contributed by atoms with Crippen LogP contribution in [-0.4, -0.2) is 5.78 Å². The van der Waals surface area contributed by atoms with Gasteiger partial charge in [0.2, 0.25) is 0 Å². The minimum atomic E-state index is 0.0882. The maximum absolute atomic E-state index is 12.8. The lowest BCUT2D eigenvalue weighted by Gasteiger charge is -2.10. The Morgan fingerprint density at radius 3 is 1.87 bits per heavy atom. The minimum absolute atomic E-state index is 0.0882. The highest BCUT2D eigenvalue weighted by Crippen LogP contribution is 2.22. The highest BCUT2D eigenvalue weighted by molar-refractivity contribution is 6.10. The van der Waals surface area contributed by atoms with Gasteiger partial charge in [-0.25, -0.2) is 0 Å². The molecule has 0 amide bonds. The monoisotopic (exact) mass is 300 g/mol. The van der Waals surface area contributed by atoms with Gasteiger partial charge in [-0.2, -0.15) is 0 Å². The van der Waals surface area contributed by atoms with E-state index in [1.807, 2.05) is 62.4 Å². The summed E-state index contributed by atoms with van der Waals surface area (Å²) in [6.45, 7) is 6.12. The lowest BCUT2D eigenvalue weighted by Crippen LogP contribution is -2.05. The summed E-state index contributed by atoms with van der Waals surface area (Å²) in [5.74, 6) is 0.0882. The van der Waals surface area contributed by atoms with Gasteiger partial charge in [0.05, 0.1) is 0 Å². The van der Waals surface area contributed by atoms with Crippen molar-refractivity contribution in [3.05, 3.63) is 94.5 Å². The largest absolute Gasteiger partial charge is 0.289 e. The second-order valence-electron chi connectivity index (χ2n) is 6.02. The van der Waals surface area contributed by atoms with Crippen LogP contribution >= 0.6 is 0 Å². The minimum Gasteiger partial charge on any atom is -0.289 e. The number of ketones is 1. The average molecular weight is 300 g/mol. The van der Waals surface area contributed by atoms with Gasteiger partial charge in [0.15, 0.2) is 5.78 Å². The van der Waals surface area contributed by atoms with Crippen molar-refractivity contribution in [3.63, 3.8) is 0 Å². The third-order valence-corrected chi connectivity index (χ3v) is 4.34. The van der Waals surface area contributed by atoms with E-state index in [2.05, 4.69) is 25.1 Å². The van der Waals surface area contributed by atoms with Crippen molar-refractivity contribution >= 4 is 5.78 Å². The standard InChI is InChI=1S/C22H20O/c1-15-13-17(3)21(14-16(15)2)22(23)20-11-9-19(10-12-20)18-7-5-4-6-8-18/h4-14H,1-3H3. The van der Waals surface area contributed by atoms with Crippen LogP contribution in [0.15, 0.2) is 66.7 Å². The van der Waals surface area contributed by atoms with Gasteiger partial charge in [-0.05, 0) is 54.7 Å². The molecule has 0 heterocycles. The molecular weight excluding hydrogens is 280 g/mol. The van der Waals surface area contributed by atoms with Crippen molar-refractivity contribution in [1.82, 2.24) is 0 Å². The Bertz CT molecular complexity index is 843. The van der Waals surface area contributed by atoms with Crippen LogP contribution in [0.25, 0.3) is 11.1 Å². The fourth-order valence-corrected chi connectivity index (χ4v) is 2.81. The van der Waals surface area contributed by atoms with E-state index in [0.29, 0.717) is 0 Å². The predicted molar refractivity (Wildman–Crippen MR) is 96.0 cm³/mol. The van der Waals surface area contributed by atoms with Crippen molar-refractivity contribution in [2.75, 3.05) is 0 Å². The predicted octanol–water partition coefficient (Wildman–Crippen LogP) is 5.51. The van der Waals surface area contributed by atoms with Crippen molar-refractivity contribution in [3.8, 4) is 11.1 Å². The molecule has 0 spiro atoms. The van der Waals surface area contributed by atoms with Crippen molar-refractivity contribution in [1.29, 1.82) is 0 Å². The van der Waals surface area contributed by atoms with E-state index >= 15 is 0 Å². The number of carbonyl (C=O) groups is 1. The first-order valence-corrected chi connectivity index (χ1v) is 7.84. The zero-order valence-corrected chi connectivity index (χ0v) is 13.8. The van der Waals surface area contributed by atoms with Crippen LogP contribution in [-0.2, 0) is 0 Å². The van der Waals surface area contributed by atoms with Gasteiger partial charge in [-0.15, -0.1) is 0 Å². The molecule has 0 atom stereocenters. The van der Waals surface area contributed by atoms with Crippen LogP contribution in [0.2, 0.25) is 0 Å². The molecule has 3 rings (SSSR count).